The highest BCUT2D eigenvalue weighted by atomic mass is 16.5. The maximum Gasteiger partial charge on any atom is 0.306 e. The molecule has 1 aromatic rings. The first kappa shape index (κ1) is 13.6. The van der Waals surface area contributed by atoms with Gasteiger partial charge in [-0.1, -0.05) is 25.5 Å². The molecular weight excluding hydrogens is 242 g/mol. The molecule has 1 fully saturated rings. The van der Waals surface area contributed by atoms with E-state index in [2.05, 4.69) is 11.9 Å². The minimum absolute atomic E-state index is 0.124. The quantitative estimate of drug-likeness (QED) is 0.669. The van der Waals surface area contributed by atoms with Gasteiger partial charge in [0.15, 0.2) is 0 Å². The van der Waals surface area contributed by atoms with Crippen molar-refractivity contribution in [2.24, 2.45) is 10.9 Å². The third-order valence-electron chi connectivity index (χ3n) is 3.40. The summed E-state index contributed by atoms with van der Waals surface area (Å²) in [5.41, 5.74) is 0.677. The second kappa shape index (κ2) is 6.36. The highest BCUT2D eigenvalue weighted by Crippen LogP contribution is 2.24. The molecule has 1 N–H and O–H groups in total. The van der Waals surface area contributed by atoms with Crippen molar-refractivity contribution in [1.29, 1.82) is 0 Å². The van der Waals surface area contributed by atoms with Crippen molar-refractivity contribution in [2.75, 3.05) is 6.54 Å². The first-order valence-corrected chi connectivity index (χ1v) is 6.66. The number of hydrogen-bond donors (Lipinski definition) is 1. The lowest BCUT2D eigenvalue weighted by molar-refractivity contribution is -0.156. The largest absolute Gasteiger partial charge is 0.507 e. The summed E-state index contributed by atoms with van der Waals surface area (Å²) in [5, 5.41) is 9.59. The van der Waals surface area contributed by atoms with Crippen molar-refractivity contribution >= 4 is 12.2 Å². The fraction of sp³-hybridized carbons (Fsp3) is 0.467. The first-order valence-electron chi connectivity index (χ1n) is 6.66. The summed E-state index contributed by atoms with van der Waals surface area (Å²) in [5.74, 6) is 0.491. The molecule has 1 aliphatic rings. The van der Waals surface area contributed by atoms with Crippen LogP contribution in [0.5, 0.6) is 5.75 Å². The topological polar surface area (TPSA) is 58.9 Å². The number of rotatable bonds is 4. The van der Waals surface area contributed by atoms with E-state index in [1.165, 1.54) is 0 Å². The van der Waals surface area contributed by atoms with Crippen LogP contribution in [0.25, 0.3) is 0 Å². The number of esters is 1. The molecule has 1 aromatic carbocycles. The molecule has 102 valence electrons. The van der Waals surface area contributed by atoms with Gasteiger partial charge in [0.1, 0.15) is 11.9 Å². The molecule has 1 saturated heterocycles. The predicted molar refractivity (Wildman–Crippen MR) is 73.5 cm³/mol. The summed E-state index contributed by atoms with van der Waals surface area (Å²) in [6, 6.07) is 7.02. The maximum atomic E-state index is 11.4. The normalized spacial score (nSPS) is 23.5. The van der Waals surface area contributed by atoms with Crippen molar-refractivity contribution < 1.29 is 14.6 Å². The van der Waals surface area contributed by atoms with Gasteiger partial charge in [0.2, 0.25) is 0 Å². The molecular formula is C15H19NO3. The minimum atomic E-state index is -0.131. The van der Waals surface area contributed by atoms with E-state index in [-0.39, 0.29) is 17.8 Å². The van der Waals surface area contributed by atoms with Crippen LogP contribution in [0.3, 0.4) is 0 Å². The molecule has 2 atom stereocenters. The zero-order valence-electron chi connectivity index (χ0n) is 11.1. The van der Waals surface area contributed by atoms with Gasteiger partial charge in [-0.3, -0.25) is 9.79 Å². The molecule has 0 saturated carbocycles. The highest BCUT2D eigenvalue weighted by molar-refractivity contribution is 5.83. The number of phenolic OH excluding ortho intramolecular Hbond substituents is 1. The van der Waals surface area contributed by atoms with Crippen molar-refractivity contribution in [1.82, 2.24) is 0 Å². The van der Waals surface area contributed by atoms with Gasteiger partial charge in [0.25, 0.3) is 0 Å². The summed E-state index contributed by atoms with van der Waals surface area (Å²) < 4.78 is 5.27. The van der Waals surface area contributed by atoms with Gasteiger partial charge in [0.05, 0.1) is 6.54 Å². The third-order valence-corrected chi connectivity index (χ3v) is 3.40. The van der Waals surface area contributed by atoms with E-state index in [0.717, 1.165) is 12.8 Å². The Labute approximate surface area is 113 Å². The standard InChI is InChI=1S/C15H19NO3/c1-2-11-7-13(19-15(18)8-11)10-16-9-12-5-3-4-6-14(12)17/h3-6,9,11,13,17H,2,7-8,10H2,1H3. The van der Waals surface area contributed by atoms with Crippen LogP contribution < -0.4 is 0 Å². The van der Waals surface area contributed by atoms with Gasteiger partial charge in [-0.15, -0.1) is 0 Å². The number of carbonyl (C=O) groups is 1. The fourth-order valence-corrected chi connectivity index (χ4v) is 2.26. The number of carbonyl (C=O) groups excluding carboxylic acids is 1. The molecule has 0 bridgehead atoms. The van der Waals surface area contributed by atoms with Crippen LogP contribution in [-0.4, -0.2) is 29.9 Å². The van der Waals surface area contributed by atoms with Gasteiger partial charge >= 0.3 is 5.97 Å². The Balaban J connectivity index is 1.91. The fourth-order valence-electron chi connectivity index (χ4n) is 2.26. The summed E-state index contributed by atoms with van der Waals surface area (Å²) >= 11 is 0. The predicted octanol–water partition coefficient (Wildman–Crippen LogP) is 2.54. The summed E-state index contributed by atoms with van der Waals surface area (Å²) in [6.07, 6.45) is 3.89. The van der Waals surface area contributed by atoms with Crippen LogP contribution in [-0.2, 0) is 9.53 Å². The van der Waals surface area contributed by atoms with Crippen LogP contribution >= 0.6 is 0 Å². The Morgan fingerprint density at radius 3 is 3.00 bits per heavy atom. The molecule has 1 heterocycles. The number of phenols is 1. The van der Waals surface area contributed by atoms with E-state index in [1.54, 1.807) is 24.4 Å². The van der Waals surface area contributed by atoms with Gasteiger partial charge < -0.3 is 9.84 Å². The van der Waals surface area contributed by atoms with Crippen LogP contribution in [0.15, 0.2) is 29.3 Å². The second-order valence-corrected chi connectivity index (χ2v) is 4.88. The van der Waals surface area contributed by atoms with Crippen molar-refractivity contribution in [3.05, 3.63) is 29.8 Å². The molecule has 4 heteroatoms. The molecule has 4 nitrogen and oxygen atoms in total. The zero-order valence-corrected chi connectivity index (χ0v) is 11.1. The number of ether oxygens (including phenoxy) is 1. The van der Waals surface area contributed by atoms with Crippen LogP contribution in [0.1, 0.15) is 31.7 Å². The van der Waals surface area contributed by atoms with Crippen molar-refractivity contribution in [2.45, 2.75) is 32.3 Å². The van der Waals surface area contributed by atoms with E-state index in [9.17, 15) is 9.90 Å². The van der Waals surface area contributed by atoms with Crippen LogP contribution in [0.4, 0.5) is 0 Å². The molecule has 1 aliphatic heterocycles. The van der Waals surface area contributed by atoms with Crippen molar-refractivity contribution in [3.8, 4) is 5.75 Å². The monoisotopic (exact) mass is 261 g/mol. The third kappa shape index (κ3) is 3.81. The second-order valence-electron chi connectivity index (χ2n) is 4.88. The first-order chi connectivity index (χ1) is 9.19. The molecule has 0 aliphatic carbocycles. The average molecular weight is 261 g/mol. The van der Waals surface area contributed by atoms with Crippen molar-refractivity contribution in [3.63, 3.8) is 0 Å². The summed E-state index contributed by atoms with van der Waals surface area (Å²) in [4.78, 5) is 15.7. The van der Waals surface area contributed by atoms with Crippen LogP contribution in [0.2, 0.25) is 0 Å². The van der Waals surface area contributed by atoms with E-state index in [1.807, 2.05) is 6.07 Å². The zero-order chi connectivity index (χ0) is 13.7. The minimum Gasteiger partial charge on any atom is -0.507 e. The van der Waals surface area contributed by atoms with E-state index < -0.39 is 0 Å². The smallest absolute Gasteiger partial charge is 0.306 e. The maximum absolute atomic E-state index is 11.4. The molecule has 0 spiro atoms. The number of para-hydroxylation sites is 1. The number of aromatic hydroxyl groups is 1. The lowest BCUT2D eigenvalue weighted by atomic mass is 9.93. The molecule has 2 rings (SSSR count). The summed E-state index contributed by atoms with van der Waals surface area (Å²) in [6.45, 7) is 2.54. The Hall–Kier alpha value is -1.84. The van der Waals surface area contributed by atoms with E-state index in [4.69, 9.17) is 4.74 Å². The number of nitrogens with zero attached hydrogens (tertiary/aromatic N) is 1. The van der Waals surface area contributed by atoms with Crippen LogP contribution in [0, 0.1) is 5.92 Å². The number of benzene rings is 1. The molecule has 2 unspecified atom stereocenters. The molecule has 19 heavy (non-hydrogen) atoms. The number of hydrogen-bond acceptors (Lipinski definition) is 4. The number of aliphatic imine (C=N–C) groups is 1. The molecule has 0 aromatic heterocycles. The molecule has 0 amide bonds. The van der Waals surface area contributed by atoms with Gasteiger partial charge in [0, 0.05) is 18.2 Å². The Bertz CT molecular complexity index is 470. The number of cyclic esters (lactones) is 1. The average Bonchev–Trinajstić information content (AvgIpc) is 2.40. The van der Waals surface area contributed by atoms with Gasteiger partial charge in [-0.05, 0) is 24.5 Å². The highest BCUT2D eigenvalue weighted by Gasteiger charge is 2.26. The van der Waals surface area contributed by atoms with Gasteiger partial charge in [-0.2, -0.15) is 0 Å². The Morgan fingerprint density at radius 1 is 1.47 bits per heavy atom. The molecule has 0 radical (unpaired) electrons. The SMILES string of the molecule is CCC1CC(=O)OC(CN=Cc2ccccc2O)C1. The Morgan fingerprint density at radius 2 is 2.26 bits per heavy atom. The lowest BCUT2D eigenvalue weighted by Gasteiger charge is -2.27. The van der Waals surface area contributed by atoms with E-state index in [0.29, 0.717) is 24.4 Å². The Kier molecular flexibility index (Phi) is 4.55. The van der Waals surface area contributed by atoms with Gasteiger partial charge in [-0.25, -0.2) is 0 Å². The summed E-state index contributed by atoms with van der Waals surface area (Å²) in [7, 11) is 0. The lowest BCUT2D eigenvalue weighted by Crippen LogP contribution is -2.31. The van der Waals surface area contributed by atoms with E-state index >= 15 is 0 Å².